The van der Waals surface area contributed by atoms with Crippen molar-refractivity contribution in [3.63, 3.8) is 0 Å². The van der Waals surface area contributed by atoms with Gasteiger partial charge in [0.15, 0.2) is 0 Å². The molecule has 1 saturated heterocycles. The summed E-state index contributed by atoms with van der Waals surface area (Å²) in [6.45, 7) is 3.81. The normalized spacial score (nSPS) is 23.9. The highest BCUT2D eigenvalue weighted by Crippen LogP contribution is 2.24. The number of Topliss-reactive ketones (excluding diaryl/α,β-unsaturated/α-hetero) is 1. The summed E-state index contributed by atoms with van der Waals surface area (Å²) in [6.07, 6.45) is 0.396. The van der Waals surface area contributed by atoms with Gasteiger partial charge in [-0.15, -0.1) is 0 Å². The monoisotopic (exact) mass is 271 g/mol. The molecule has 92 valence electrons. The van der Waals surface area contributed by atoms with E-state index in [2.05, 4.69) is 12.2 Å². The number of benzene rings is 1. The molecule has 0 aromatic heterocycles. The van der Waals surface area contributed by atoms with Crippen LogP contribution in [-0.4, -0.2) is 18.9 Å². The van der Waals surface area contributed by atoms with Crippen LogP contribution in [0, 0.1) is 11.8 Å². The van der Waals surface area contributed by atoms with Crippen LogP contribution in [0.5, 0.6) is 0 Å². The van der Waals surface area contributed by atoms with Gasteiger partial charge >= 0.3 is 0 Å². The molecule has 2 atom stereocenters. The highest BCUT2D eigenvalue weighted by atomic mass is 35.5. The summed E-state index contributed by atoms with van der Waals surface area (Å²) in [5.74, 6) is 0.780. The van der Waals surface area contributed by atoms with Crippen molar-refractivity contribution in [2.24, 2.45) is 11.8 Å². The van der Waals surface area contributed by atoms with Crippen LogP contribution < -0.4 is 5.32 Å². The minimum Gasteiger partial charge on any atom is -0.316 e. The van der Waals surface area contributed by atoms with Crippen molar-refractivity contribution in [3.8, 4) is 0 Å². The molecule has 1 N–H and O–H groups in total. The first kappa shape index (κ1) is 12.9. The molecule has 17 heavy (non-hydrogen) atoms. The molecule has 0 radical (unpaired) electrons. The maximum absolute atomic E-state index is 12.1. The van der Waals surface area contributed by atoms with Crippen LogP contribution >= 0.6 is 23.2 Å². The minimum atomic E-state index is 0.113. The Kier molecular flexibility index (Phi) is 4.08. The van der Waals surface area contributed by atoms with Crippen molar-refractivity contribution in [1.82, 2.24) is 5.32 Å². The van der Waals surface area contributed by atoms with Crippen molar-refractivity contribution >= 4 is 29.0 Å². The second-order valence-electron chi connectivity index (χ2n) is 4.62. The highest BCUT2D eigenvalue weighted by Gasteiger charge is 2.29. The minimum absolute atomic E-state index is 0.113. The third-order valence-corrected chi connectivity index (χ3v) is 3.90. The van der Waals surface area contributed by atoms with Gasteiger partial charge in [-0.05, 0) is 30.2 Å². The van der Waals surface area contributed by atoms with Crippen LogP contribution in [0.4, 0.5) is 0 Å². The van der Waals surface area contributed by atoms with Crippen molar-refractivity contribution in [2.45, 2.75) is 13.3 Å². The molecule has 1 aliphatic heterocycles. The van der Waals surface area contributed by atoms with Crippen LogP contribution in [0.2, 0.25) is 10.0 Å². The summed E-state index contributed by atoms with van der Waals surface area (Å²) < 4.78 is 0. The van der Waals surface area contributed by atoms with Gasteiger partial charge in [0.05, 0.1) is 0 Å². The Morgan fingerprint density at radius 1 is 1.41 bits per heavy atom. The van der Waals surface area contributed by atoms with Gasteiger partial charge in [-0.1, -0.05) is 36.2 Å². The number of nitrogens with one attached hydrogen (secondary N) is 1. The summed E-state index contributed by atoms with van der Waals surface area (Å²) in [5, 5.41) is 4.41. The lowest BCUT2D eigenvalue weighted by Gasteiger charge is -2.13. The van der Waals surface area contributed by atoms with E-state index in [1.165, 1.54) is 0 Å². The molecule has 0 saturated carbocycles. The fraction of sp³-hybridized carbons (Fsp3) is 0.462. The van der Waals surface area contributed by atoms with E-state index >= 15 is 0 Å². The number of ketones is 1. The molecule has 0 bridgehead atoms. The number of carbonyl (C=O) groups excluding carboxylic acids is 1. The Morgan fingerprint density at radius 3 is 2.76 bits per heavy atom. The molecule has 2 nitrogen and oxygen atoms in total. The summed E-state index contributed by atoms with van der Waals surface area (Å²) in [4.78, 5) is 12.1. The Morgan fingerprint density at radius 2 is 2.18 bits per heavy atom. The number of rotatable bonds is 3. The maximum atomic E-state index is 12.1. The second-order valence-corrected chi connectivity index (χ2v) is 5.46. The molecule has 2 unspecified atom stereocenters. The molecular formula is C13H15Cl2NO. The standard InChI is InChI=1S/C13H15Cl2NO/c1-8-6-16-7-11(8)13(17)4-9-2-3-10(14)5-12(9)15/h2-3,5,8,11,16H,4,6-7H2,1H3. The SMILES string of the molecule is CC1CNCC1C(=O)Cc1ccc(Cl)cc1Cl. The third kappa shape index (κ3) is 3.01. The lowest BCUT2D eigenvalue weighted by Crippen LogP contribution is -2.23. The Balaban J connectivity index is 2.07. The Bertz CT molecular complexity index is 433. The maximum Gasteiger partial charge on any atom is 0.141 e. The lowest BCUT2D eigenvalue weighted by molar-refractivity contribution is -0.122. The Labute approximate surface area is 111 Å². The van der Waals surface area contributed by atoms with Crippen molar-refractivity contribution in [2.75, 3.05) is 13.1 Å². The quantitative estimate of drug-likeness (QED) is 0.916. The van der Waals surface area contributed by atoms with E-state index in [0.717, 1.165) is 18.7 Å². The van der Waals surface area contributed by atoms with E-state index in [1.54, 1.807) is 12.1 Å². The topological polar surface area (TPSA) is 29.1 Å². The van der Waals surface area contributed by atoms with Crippen LogP contribution in [0.15, 0.2) is 18.2 Å². The summed E-state index contributed by atoms with van der Waals surface area (Å²) in [7, 11) is 0. The van der Waals surface area contributed by atoms with Gasteiger partial charge in [-0.3, -0.25) is 4.79 Å². The van der Waals surface area contributed by atoms with Gasteiger partial charge < -0.3 is 5.32 Å². The van der Waals surface area contributed by atoms with E-state index in [9.17, 15) is 4.79 Å². The molecule has 1 aromatic rings. The first-order valence-electron chi connectivity index (χ1n) is 5.75. The van der Waals surface area contributed by atoms with Gasteiger partial charge in [0, 0.05) is 28.9 Å². The van der Waals surface area contributed by atoms with Gasteiger partial charge in [0.2, 0.25) is 0 Å². The molecular weight excluding hydrogens is 257 g/mol. The first-order chi connectivity index (χ1) is 8.08. The predicted molar refractivity (Wildman–Crippen MR) is 70.7 cm³/mol. The molecule has 1 aromatic carbocycles. The number of hydrogen-bond acceptors (Lipinski definition) is 2. The van der Waals surface area contributed by atoms with Crippen molar-refractivity contribution < 1.29 is 4.79 Å². The fourth-order valence-electron chi connectivity index (χ4n) is 2.22. The largest absolute Gasteiger partial charge is 0.316 e. The van der Waals surface area contributed by atoms with E-state index in [4.69, 9.17) is 23.2 Å². The van der Waals surface area contributed by atoms with Gasteiger partial charge in [0.25, 0.3) is 0 Å². The summed E-state index contributed by atoms with van der Waals surface area (Å²) in [5.41, 5.74) is 0.861. The van der Waals surface area contributed by atoms with Crippen LogP contribution in [0.1, 0.15) is 12.5 Å². The van der Waals surface area contributed by atoms with E-state index in [1.807, 2.05) is 6.07 Å². The molecule has 1 fully saturated rings. The second kappa shape index (κ2) is 5.38. The predicted octanol–water partition coefficient (Wildman–Crippen LogP) is 2.96. The van der Waals surface area contributed by atoms with Gasteiger partial charge in [-0.25, -0.2) is 0 Å². The summed E-state index contributed by atoms with van der Waals surface area (Å²) >= 11 is 11.9. The highest BCUT2D eigenvalue weighted by molar-refractivity contribution is 6.35. The number of hydrogen-bond donors (Lipinski definition) is 1. The van der Waals surface area contributed by atoms with Crippen LogP contribution in [-0.2, 0) is 11.2 Å². The zero-order valence-electron chi connectivity index (χ0n) is 9.67. The first-order valence-corrected chi connectivity index (χ1v) is 6.51. The molecule has 1 heterocycles. The lowest BCUT2D eigenvalue weighted by atomic mass is 9.90. The van der Waals surface area contributed by atoms with Crippen molar-refractivity contribution in [3.05, 3.63) is 33.8 Å². The fourth-order valence-corrected chi connectivity index (χ4v) is 2.70. The smallest absolute Gasteiger partial charge is 0.141 e. The van der Waals surface area contributed by atoms with Crippen molar-refractivity contribution in [1.29, 1.82) is 0 Å². The molecule has 1 aliphatic rings. The zero-order valence-corrected chi connectivity index (χ0v) is 11.2. The zero-order chi connectivity index (χ0) is 12.4. The molecule has 0 amide bonds. The number of halogens is 2. The third-order valence-electron chi connectivity index (χ3n) is 3.31. The van der Waals surface area contributed by atoms with Gasteiger partial charge in [0.1, 0.15) is 5.78 Å². The molecule has 4 heteroatoms. The van der Waals surface area contributed by atoms with E-state index in [-0.39, 0.29) is 11.7 Å². The molecule has 2 rings (SSSR count). The average Bonchev–Trinajstić information content (AvgIpc) is 2.68. The average molecular weight is 272 g/mol. The number of carbonyl (C=O) groups is 1. The molecule has 0 spiro atoms. The Hall–Kier alpha value is -0.570. The summed E-state index contributed by atoms with van der Waals surface area (Å²) in [6, 6.07) is 5.28. The molecule has 0 aliphatic carbocycles. The van der Waals surface area contributed by atoms with E-state index < -0.39 is 0 Å². The van der Waals surface area contributed by atoms with Crippen LogP contribution in [0.3, 0.4) is 0 Å². The van der Waals surface area contributed by atoms with E-state index in [0.29, 0.717) is 22.4 Å². The van der Waals surface area contributed by atoms with Crippen LogP contribution in [0.25, 0.3) is 0 Å². The van der Waals surface area contributed by atoms with Gasteiger partial charge in [-0.2, -0.15) is 0 Å².